The molecule has 1 saturated heterocycles. The molecule has 0 aliphatic carbocycles. The van der Waals surface area contributed by atoms with Gasteiger partial charge in [0.05, 0.1) is 13.2 Å². The Bertz CT molecular complexity index is 877. The van der Waals surface area contributed by atoms with Crippen molar-refractivity contribution in [2.24, 2.45) is 0 Å². The molecule has 1 aromatic carbocycles. The van der Waals surface area contributed by atoms with Crippen molar-refractivity contribution in [2.45, 2.75) is 25.4 Å². The number of halogens is 4. The van der Waals surface area contributed by atoms with Gasteiger partial charge in [0.15, 0.2) is 18.0 Å². The summed E-state index contributed by atoms with van der Waals surface area (Å²) in [5.41, 5.74) is -0.431. The number of carbonyl (C=O) groups is 1. The van der Waals surface area contributed by atoms with Crippen LogP contribution in [0.15, 0.2) is 24.4 Å². The van der Waals surface area contributed by atoms with Crippen LogP contribution in [-0.2, 0) is 4.74 Å². The molecule has 1 aromatic heterocycles. The Balaban J connectivity index is 1.90. The quantitative estimate of drug-likeness (QED) is 0.571. The summed E-state index contributed by atoms with van der Waals surface area (Å²) in [5, 5.41) is 14.2. The third kappa shape index (κ3) is 4.09. The highest BCUT2D eigenvalue weighted by molar-refractivity contribution is 7.92. The van der Waals surface area contributed by atoms with Crippen LogP contribution in [0, 0.1) is 5.82 Å². The molecule has 2 heterocycles. The fourth-order valence-electron chi connectivity index (χ4n) is 3.02. The fraction of sp³-hybridized carbons (Fsp3) is 0.412. The topological polar surface area (TPSA) is 67.6 Å². The van der Waals surface area contributed by atoms with Crippen molar-refractivity contribution in [3.63, 3.8) is 0 Å². The third-order valence-electron chi connectivity index (χ3n) is 4.37. The van der Waals surface area contributed by atoms with E-state index in [-0.39, 0.29) is 54.4 Å². The van der Waals surface area contributed by atoms with E-state index >= 15 is 0 Å². The van der Waals surface area contributed by atoms with Gasteiger partial charge in [-0.3, -0.25) is 0 Å². The second-order valence-electron chi connectivity index (χ2n) is 6.26. The zero-order valence-corrected chi connectivity index (χ0v) is 15.6. The average Bonchev–Trinajstić information content (AvgIpc) is 3.24. The van der Waals surface area contributed by atoms with E-state index in [4.69, 9.17) is 4.74 Å². The molecule has 1 aliphatic heterocycles. The number of hydrogen-bond acceptors (Lipinski definition) is 6. The van der Waals surface area contributed by atoms with Crippen LogP contribution < -0.4 is 4.90 Å². The van der Waals surface area contributed by atoms with Crippen LogP contribution in [-0.4, -0.2) is 45.9 Å². The predicted molar refractivity (Wildman–Crippen MR) is 94.5 cm³/mol. The normalized spacial score (nSPS) is 17.0. The minimum absolute atomic E-state index is 0.0352. The van der Waals surface area contributed by atoms with Crippen LogP contribution in [0.1, 0.15) is 41.1 Å². The Morgan fingerprint density at radius 1 is 1.43 bits per heavy atom. The Hall–Kier alpha value is -2.27. The molecule has 1 atom stereocenters. The molecule has 3 rings (SSSR count). The van der Waals surface area contributed by atoms with E-state index in [2.05, 4.69) is 5.10 Å². The molecule has 152 valence electrons. The number of nitrogens with zero attached hydrogens (tertiary/aromatic N) is 3. The monoisotopic (exact) mass is 419 g/mol. The summed E-state index contributed by atoms with van der Waals surface area (Å²) in [6, 6.07) is 3.68. The van der Waals surface area contributed by atoms with Crippen molar-refractivity contribution in [2.75, 3.05) is 24.6 Å². The molecule has 0 radical (unpaired) electrons. The average molecular weight is 419 g/mol. The molecule has 2 aromatic rings. The SMILES string of the molecule is CCOC(=O)c1nn(SF)cc1C(O)c1ccc(N2CCC(F)(F)C2)cc1F. The number of rotatable bonds is 6. The molecule has 0 bridgehead atoms. The molecule has 0 spiro atoms. The summed E-state index contributed by atoms with van der Waals surface area (Å²) < 4.78 is 59.7. The molecule has 1 fully saturated rings. The molecule has 0 saturated carbocycles. The van der Waals surface area contributed by atoms with Crippen LogP contribution >= 0.6 is 12.3 Å². The van der Waals surface area contributed by atoms with Gasteiger partial charge in [0.25, 0.3) is 5.92 Å². The third-order valence-corrected chi connectivity index (χ3v) is 4.70. The second kappa shape index (κ2) is 8.00. The lowest BCUT2D eigenvalue weighted by atomic mass is 10.0. The number of ether oxygens (including phenoxy) is 1. The number of aliphatic hydroxyl groups excluding tert-OH is 1. The molecular weight excluding hydrogens is 402 g/mol. The maximum atomic E-state index is 14.6. The second-order valence-corrected chi connectivity index (χ2v) is 6.77. The molecule has 1 aliphatic rings. The Morgan fingerprint density at radius 2 is 2.18 bits per heavy atom. The van der Waals surface area contributed by atoms with Crippen molar-refractivity contribution < 1.29 is 31.7 Å². The van der Waals surface area contributed by atoms with Gasteiger partial charge in [-0.25, -0.2) is 18.0 Å². The van der Waals surface area contributed by atoms with Gasteiger partial charge >= 0.3 is 5.97 Å². The van der Waals surface area contributed by atoms with Gasteiger partial charge in [0, 0.05) is 36.0 Å². The first-order valence-corrected chi connectivity index (χ1v) is 9.09. The summed E-state index contributed by atoms with van der Waals surface area (Å²) in [7, 11) is 0. The highest BCUT2D eigenvalue weighted by Gasteiger charge is 2.38. The molecule has 28 heavy (non-hydrogen) atoms. The van der Waals surface area contributed by atoms with E-state index in [0.29, 0.717) is 4.09 Å². The largest absolute Gasteiger partial charge is 0.461 e. The van der Waals surface area contributed by atoms with Crippen molar-refractivity contribution in [1.29, 1.82) is 0 Å². The maximum Gasteiger partial charge on any atom is 0.359 e. The van der Waals surface area contributed by atoms with Crippen molar-refractivity contribution in [3.8, 4) is 0 Å². The number of aliphatic hydroxyl groups is 1. The van der Waals surface area contributed by atoms with Crippen molar-refractivity contribution in [1.82, 2.24) is 9.19 Å². The van der Waals surface area contributed by atoms with E-state index in [0.717, 1.165) is 12.3 Å². The number of hydrogen-bond donors (Lipinski definition) is 1. The minimum Gasteiger partial charge on any atom is -0.461 e. The number of anilines is 1. The Morgan fingerprint density at radius 3 is 2.75 bits per heavy atom. The van der Waals surface area contributed by atoms with Gasteiger partial charge in [-0.05, 0) is 19.1 Å². The lowest BCUT2D eigenvalue weighted by Gasteiger charge is -2.20. The predicted octanol–water partition coefficient (Wildman–Crippen LogP) is 3.51. The number of carbonyl (C=O) groups excluding carboxylic acids is 1. The number of benzene rings is 1. The van der Waals surface area contributed by atoms with E-state index in [1.54, 1.807) is 6.92 Å². The van der Waals surface area contributed by atoms with E-state index in [1.807, 2.05) is 0 Å². The van der Waals surface area contributed by atoms with Crippen LogP contribution in [0.2, 0.25) is 0 Å². The first kappa shape index (κ1) is 20.5. The Labute approximate surface area is 162 Å². The molecule has 11 heteroatoms. The standard InChI is InChI=1S/C17H17F4N3O3S/c1-2-27-16(26)14-12(8-24(22-14)28-21)15(25)11-4-3-10(7-13(11)18)23-6-5-17(19,20)9-23/h3-4,7-8,15,25H,2,5-6,9H2,1H3. The first-order valence-electron chi connectivity index (χ1n) is 8.42. The van der Waals surface area contributed by atoms with Gasteiger partial charge in [-0.1, -0.05) is 6.07 Å². The summed E-state index contributed by atoms with van der Waals surface area (Å²) in [4.78, 5) is 13.3. The van der Waals surface area contributed by atoms with Gasteiger partial charge in [-0.2, -0.15) is 9.19 Å². The minimum atomic E-state index is -2.83. The van der Waals surface area contributed by atoms with E-state index in [1.165, 1.54) is 17.0 Å². The lowest BCUT2D eigenvalue weighted by molar-refractivity contribution is 0.0257. The van der Waals surface area contributed by atoms with Gasteiger partial charge in [0.1, 0.15) is 11.9 Å². The molecule has 1 unspecified atom stereocenters. The first-order chi connectivity index (χ1) is 13.3. The van der Waals surface area contributed by atoms with Crippen LogP contribution in [0.25, 0.3) is 0 Å². The van der Waals surface area contributed by atoms with Gasteiger partial charge in [0.2, 0.25) is 0 Å². The van der Waals surface area contributed by atoms with E-state index < -0.39 is 30.4 Å². The number of aromatic nitrogens is 2. The lowest BCUT2D eigenvalue weighted by Crippen LogP contribution is -2.25. The zero-order valence-electron chi connectivity index (χ0n) is 14.7. The van der Waals surface area contributed by atoms with Crippen molar-refractivity contribution >= 4 is 24.0 Å². The highest BCUT2D eigenvalue weighted by atomic mass is 32.2. The van der Waals surface area contributed by atoms with Gasteiger partial charge < -0.3 is 14.7 Å². The highest BCUT2D eigenvalue weighted by Crippen LogP contribution is 2.34. The summed E-state index contributed by atoms with van der Waals surface area (Å²) in [5.74, 6) is -4.57. The van der Waals surface area contributed by atoms with E-state index in [9.17, 15) is 27.0 Å². The number of alkyl halides is 2. The van der Waals surface area contributed by atoms with Crippen LogP contribution in [0.5, 0.6) is 0 Å². The maximum absolute atomic E-state index is 14.6. The summed E-state index contributed by atoms with van der Waals surface area (Å²) >= 11 is -0.310. The Kier molecular flexibility index (Phi) is 5.84. The molecule has 6 nitrogen and oxygen atoms in total. The molecular formula is C17H17F4N3O3S. The molecule has 1 N–H and O–H groups in total. The summed E-state index contributed by atoms with van der Waals surface area (Å²) in [6.07, 6.45) is -0.896. The number of esters is 1. The zero-order chi connectivity index (χ0) is 20.5. The van der Waals surface area contributed by atoms with Crippen LogP contribution in [0.4, 0.5) is 22.7 Å². The molecule has 0 amide bonds. The smallest absolute Gasteiger partial charge is 0.359 e. The van der Waals surface area contributed by atoms with Gasteiger partial charge in [-0.15, -0.1) is 3.89 Å². The fourth-order valence-corrected chi connectivity index (χ4v) is 3.28. The van der Waals surface area contributed by atoms with Crippen molar-refractivity contribution in [3.05, 3.63) is 47.0 Å². The summed E-state index contributed by atoms with van der Waals surface area (Å²) in [6.45, 7) is 1.17. The van der Waals surface area contributed by atoms with Crippen LogP contribution in [0.3, 0.4) is 0 Å².